The number of nitrogens with one attached hydrogen (secondary N) is 2. The van der Waals surface area contributed by atoms with Crippen molar-refractivity contribution < 1.29 is 0 Å². The summed E-state index contributed by atoms with van der Waals surface area (Å²) in [4.78, 5) is 9.13. The molecule has 1 aliphatic carbocycles. The van der Waals surface area contributed by atoms with Crippen LogP contribution in [-0.4, -0.2) is 29.1 Å². The van der Waals surface area contributed by atoms with Crippen LogP contribution in [0.3, 0.4) is 0 Å². The monoisotopic (exact) mass is 218 g/mol. The summed E-state index contributed by atoms with van der Waals surface area (Å²) in [6.07, 6.45) is 4.65. The zero-order chi connectivity index (χ0) is 11.0. The van der Waals surface area contributed by atoms with Crippen LogP contribution in [-0.2, 0) is 12.8 Å². The van der Waals surface area contributed by atoms with Gasteiger partial charge in [0.2, 0.25) is 0 Å². The highest BCUT2D eigenvalue weighted by Gasteiger charge is 2.24. The van der Waals surface area contributed by atoms with Gasteiger partial charge in [-0.05, 0) is 32.7 Å². The van der Waals surface area contributed by atoms with Gasteiger partial charge in [0.25, 0.3) is 0 Å². The van der Waals surface area contributed by atoms with Gasteiger partial charge in [-0.2, -0.15) is 0 Å². The van der Waals surface area contributed by atoms with E-state index in [0.717, 1.165) is 37.6 Å². The number of anilines is 1. The summed E-state index contributed by atoms with van der Waals surface area (Å²) in [6.45, 7) is 4.06. The molecule has 3 rings (SSSR count). The van der Waals surface area contributed by atoms with Gasteiger partial charge >= 0.3 is 0 Å². The zero-order valence-corrected chi connectivity index (χ0v) is 9.71. The standard InChI is InChI=1S/C12H18N4/c1-8-14-11-5-7-13-6-4-10(11)12(15-8)16-9-2-3-9/h9,13H,2-7H2,1H3,(H,14,15,16). The van der Waals surface area contributed by atoms with Gasteiger partial charge < -0.3 is 10.6 Å². The Balaban J connectivity index is 1.97. The van der Waals surface area contributed by atoms with Crippen molar-refractivity contribution in [3.63, 3.8) is 0 Å². The quantitative estimate of drug-likeness (QED) is 0.779. The lowest BCUT2D eigenvalue weighted by atomic mass is 10.1. The van der Waals surface area contributed by atoms with Crippen molar-refractivity contribution in [2.75, 3.05) is 18.4 Å². The Bertz CT molecular complexity index is 398. The molecule has 1 aliphatic heterocycles. The van der Waals surface area contributed by atoms with E-state index in [4.69, 9.17) is 0 Å². The lowest BCUT2D eigenvalue weighted by molar-refractivity contribution is 0.708. The molecular formula is C12H18N4. The molecule has 0 unspecified atom stereocenters. The topological polar surface area (TPSA) is 49.8 Å². The SMILES string of the molecule is Cc1nc2c(c(NC3CC3)n1)CCNCC2. The second kappa shape index (κ2) is 4.01. The van der Waals surface area contributed by atoms with Crippen LogP contribution in [0.5, 0.6) is 0 Å². The Morgan fingerprint density at radius 1 is 1.19 bits per heavy atom. The van der Waals surface area contributed by atoms with E-state index in [9.17, 15) is 0 Å². The third-order valence-electron chi connectivity index (χ3n) is 3.21. The molecule has 1 saturated carbocycles. The van der Waals surface area contributed by atoms with Crippen LogP contribution >= 0.6 is 0 Å². The van der Waals surface area contributed by atoms with E-state index in [-0.39, 0.29) is 0 Å². The number of hydrogen-bond acceptors (Lipinski definition) is 4. The maximum absolute atomic E-state index is 4.57. The van der Waals surface area contributed by atoms with E-state index in [1.165, 1.54) is 24.1 Å². The second-order valence-electron chi connectivity index (χ2n) is 4.71. The Kier molecular flexibility index (Phi) is 2.52. The van der Waals surface area contributed by atoms with Gasteiger partial charge in [0.15, 0.2) is 0 Å². The van der Waals surface area contributed by atoms with E-state index in [2.05, 4.69) is 20.6 Å². The fraction of sp³-hybridized carbons (Fsp3) is 0.667. The van der Waals surface area contributed by atoms with E-state index in [0.29, 0.717) is 6.04 Å². The number of aryl methyl sites for hydroxylation is 1. The van der Waals surface area contributed by atoms with Crippen LogP contribution in [0.2, 0.25) is 0 Å². The minimum Gasteiger partial charge on any atom is -0.367 e. The Labute approximate surface area is 95.9 Å². The van der Waals surface area contributed by atoms with Crippen molar-refractivity contribution in [3.8, 4) is 0 Å². The summed E-state index contributed by atoms with van der Waals surface area (Å²) in [5.74, 6) is 1.98. The van der Waals surface area contributed by atoms with Crippen LogP contribution in [0, 0.1) is 6.92 Å². The van der Waals surface area contributed by atoms with Crippen molar-refractivity contribution in [1.82, 2.24) is 15.3 Å². The summed E-state index contributed by atoms with van der Waals surface area (Å²) in [7, 11) is 0. The first-order valence-electron chi connectivity index (χ1n) is 6.16. The van der Waals surface area contributed by atoms with E-state index >= 15 is 0 Å². The molecule has 16 heavy (non-hydrogen) atoms. The molecule has 4 heteroatoms. The van der Waals surface area contributed by atoms with Crippen LogP contribution in [0.1, 0.15) is 29.9 Å². The number of fused-ring (bicyclic) bond motifs is 1. The minimum atomic E-state index is 0.662. The van der Waals surface area contributed by atoms with Gasteiger partial charge in [0.1, 0.15) is 11.6 Å². The van der Waals surface area contributed by atoms with Crippen LogP contribution in [0.15, 0.2) is 0 Å². The maximum atomic E-state index is 4.57. The molecule has 1 fully saturated rings. The van der Waals surface area contributed by atoms with Gasteiger partial charge in [-0.15, -0.1) is 0 Å². The van der Waals surface area contributed by atoms with Crippen molar-refractivity contribution in [3.05, 3.63) is 17.1 Å². The molecule has 0 spiro atoms. The average molecular weight is 218 g/mol. The van der Waals surface area contributed by atoms with E-state index in [1.807, 2.05) is 6.92 Å². The number of hydrogen-bond donors (Lipinski definition) is 2. The summed E-state index contributed by atoms with van der Waals surface area (Å²) in [6, 6.07) is 0.662. The lowest BCUT2D eigenvalue weighted by Gasteiger charge is -2.12. The summed E-state index contributed by atoms with van der Waals surface area (Å²) in [5, 5.41) is 6.95. The van der Waals surface area contributed by atoms with Crippen LogP contribution < -0.4 is 10.6 Å². The molecule has 2 aliphatic rings. The Morgan fingerprint density at radius 2 is 2.00 bits per heavy atom. The number of aromatic nitrogens is 2. The van der Waals surface area contributed by atoms with Gasteiger partial charge in [0.05, 0.1) is 5.69 Å². The molecule has 1 aromatic rings. The molecule has 0 radical (unpaired) electrons. The van der Waals surface area contributed by atoms with Gasteiger partial charge in [0, 0.05) is 24.6 Å². The molecule has 86 valence electrons. The molecule has 0 atom stereocenters. The third-order valence-corrected chi connectivity index (χ3v) is 3.21. The minimum absolute atomic E-state index is 0.662. The highest BCUT2D eigenvalue weighted by atomic mass is 15.1. The van der Waals surface area contributed by atoms with Crippen molar-refractivity contribution in [1.29, 1.82) is 0 Å². The molecule has 0 aromatic carbocycles. The van der Waals surface area contributed by atoms with Crippen molar-refractivity contribution in [2.45, 2.75) is 38.6 Å². The molecular weight excluding hydrogens is 200 g/mol. The summed E-state index contributed by atoms with van der Waals surface area (Å²) in [5.41, 5.74) is 2.57. The molecule has 2 N–H and O–H groups in total. The number of nitrogens with zero attached hydrogens (tertiary/aromatic N) is 2. The fourth-order valence-corrected chi connectivity index (χ4v) is 2.21. The highest BCUT2D eigenvalue weighted by molar-refractivity contribution is 5.49. The first-order chi connectivity index (χ1) is 7.83. The fourth-order valence-electron chi connectivity index (χ4n) is 2.21. The van der Waals surface area contributed by atoms with Gasteiger partial charge in [-0.1, -0.05) is 0 Å². The Hall–Kier alpha value is -1.16. The van der Waals surface area contributed by atoms with E-state index in [1.54, 1.807) is 0 Å². The first kappa shape index (κ1) is 10.0. The summed E-state index contributed by atoms with van der Waals surface area (Å²) < 4.78 is 0. The average Bonchev–Trinajstić information content (AvgIpc) is 3.03. The predicted molar refractivity (Wildman–Crippen MR) is 63.7 cm³/mol. The zero-order valence-electron chi connectivity index (χ0n) is 9.71. The molecule has 0 bridgehead atoms. The van der Waals surface area contributed by atoms with Gasteiger partial charge in [-0.3, -0.25) is 0 Å². The predicted octanol–water partition coefficient (Wildman–Crippen LogP) is 1.05. The van der Waals surface area contributed by atoms with Crippen LogP contribution in [0.25, 0.3) is 0 Å². The Morgan fingerprint density at radius 3 is 2.81 bits per heavy atom. The lowest BCUT2D eigenvalue weighted by Crippen LogP contribution is -2.16. The van der Waals surface area contributed by atoms with E-state index < -0.39 is 0 Å². The highest BCUT2D eigenvalue weighted by Crippen LogP contribution is 2.27. The molecule has 1 aromatic heterocycles. The first-order valence-corrected chi connectivity index (χ1v) is 6.16. The van der Waals surface area contributed by atoms with Gasteiger partial charge in [-0.25, -0.2) is 9.97 Å². The molecule has 4 nitrogen and oxygen atoms in total. The molecule has 2 heterocycles. The maximum Gasteiger partial charge on any atom is 0.133 e. The second-order valence-corrected chi connectivity index (χ2v) is 4.71. The third kappa shape index (κ3) is 2.02. The normalized spacial score (nSPS) is 20.1. The summed E-state index contributed by atoms with van der Waals surface area (Å²) >= 11 is 0. The molecule has 0 saturated heterocycles. The largest absolute Gasteiger partial charge is 0.367 e. The number of rotatable bonds is 2. The van der Waals surface area contributed by atoms with Crippen molar-refractivity contribution >= 4 is 5.82 Å². The smallest absolute Gasteiger partial charge is 0.133 e. The van der Waals surface area contributed by atoms with Crippen molar-refractivity contribution in [2.24, 2.45) is 0 Å². The molecule has 0 amide bonds. The van der Waals surface area contributed by atoms with Crippen LogP contribution in [0.4, 0.5) is 5.82 Å².